The minimum Gasteiger partial charge on any atom is -0.319 e. The van der Waals surface area contributed by atoms with Gasteiger partial charge in [0.1, 0.15) is 5.52 Å². The van der Waals surface area contributed by atoms with Gasteiger partial charge in [-0.15, -0.1) is 0 Å². The molecule has 0 amide bonds. The van der Waals surface area contributed by atoms with Gasteiger partial charge in [0.05, 0.1) is 21.6 Å². The number of nitrogens with zero attached hydrogens (tertiary/aromatic N) is 2. The van der Waals surface area contributed by atoms with Gasteiger partial charge in [0.2, 0.25) is 0 Å². The van der Waals surface area contributed by atoms with Crippen LogP contribution in [0.15, 0.2) is 82.6 Å². The van der Waals surface area contributed by atoms with Crippen LogP contribution >= 0.6 is 11.3 Å². The fourth-order valence-corrected chi connectivity index (χ4v) is 4.70. The number of fused-ring (bicyclic) bond motifs is 3. The Morgan fingerprint density at radius 2 is 1.55 bits per heavy atom. The lowest BCUT2D eigenvalue weighted by Crippen LogP contribution is -2.17. The number of aromatic amines is 1. The molecule has 1 N–H and O–H groups in total. The zero-order valence-electron chi connectivity index (χ0n) is 16.1. The van der Waals surface area contributed by atoms with Gasteiger partial charge < -0.3 is 4.98 Å². The molecule has 4 nitrogen and oxygen atoms in total. The van der Waals surface area contributed by atoms with E-state index in [4.69, 9.17) is 4.99 Å². The zero-order chi connectivity index (χ0) is 20.0. The Labute approximate surface area is 171 Å². The van der Waals surface area contributed by atoms with Crippen molar-refractivity contribution in [3.05, 3.63) is 99.1 Å². The summed E-state index contributed by atoms with van der Waals surface area (Å²) in [6.45, 7) is 4.14. The molecule has 0 saturated heterocycles. The summed E-state index contributed by atoms with van der Waals surface area (Å²) in [5.41, 5.74) is 6.49. The van der Waals surface area contributed by atoms with E-state index in [9.17, 15) is 4.79 Å². The number of hydrogen-bond acceptors (Lipinski definition) is 3. The topological polar surface area (TPSA) is 49.6 Å². The number of thiazole rings is 1. The Hall–Kier alpha value is -3.44. The van der Waals surface area contributed by atoms with Crippen molar-refractivity contribution in [2.45, 2.75) is 13.8 Å². The van der Waals surface area contributed by atoms with Gasteiger partial charge in [-0.2, -0.15) is 0 Å². The first-order chi connectivity index (χ1) is 14.1. The molecule has 2 aromatic heterocycles. The molecule has 0 fully saturated rings. The fraction of sp³-hybridized carbons (Fsp3) is 0.0833. The molecule has 2 heterocycles. The van der Waals surface area contributed by atoms with Crippen LogP contribution in [0.5, 0.6) is 0 Å². The van der Waals surface area contributed by atoms with Gasteiger partial charge in [-0.25, -0.2) is 4.99 Å². The normalized spacial score (nSPS) is 12.1. The molecular formula is C24H19N3OS. The van der Waals surface area contributed by atoms with E-state index in [2.05, 4.69) is 24.9 Å². The van der Waals surface area contributed by atoms with Crippen LogP contribution in [0.3, 0.4) is 0 Å². The summed E-state index contributed by atoms with van der Waals surface area (Å²) in [7, 11) is 0. The minimum absolute atomic E-state index is 0.106. The number of rotatable bonds is 2. The molecule has 0 spiro atoms. The van der Waals surface area contributed by atoms with Crippen LogP contribution < -0.4 is 10.4 Å². The molecule has 0 saturated carbocycles. The number of aromatic nitrogens is 2. The molecular weight excluding hydrogens is 378 g/mol. The minimum atomic E-state index is -0.106. The number of para-hydroxylation sites is 1. The van der Waals surface area contributed by atoms with Crippen molar-refractivity contribution in [1.29, 1.82) is 0 Å². The average Bonchev–Trinajstić information content (AvgIpc) is 3.11. The van der Waals surface area contributed by atoms with Gasteiger partial charge >= 0.3 is 0 Å². The molecule has 5 heteroatoms. The summed E-state index contributed by atoms with van der Waals surface area (Å²) in [6.07, 6.45) is 0. The molecule has 0 atom stereocenters. The summed E-state index contributed by atoms with van der Waals surface area (Å²) in [5, 5.41) is 0. The van der Waals surface area contributed by atoms with Crippen molar-refractivity contribution < 1.29 is 0 Å². The van der Waals surface area contributed by atoms with E-state index in [0.29, 0.717) is 5.52 Å². The third-order valence-corrected chi connectivity index (χ3v) is 6.25. The van der Waals surface area contributed by atoms with Gasteiger partial charge in [0.15, 0.2) is 4.80 Å². The highest BCUT2D eigenvalue weighted by atomic mass is 32.1. The maximum absolute atomic E-state index is 13.1. The highest BCUT2D eigenvalue weighted by Crippen LogP contribution is 2.28. The molecule has 0 aliphatic rings. The molecule has 5 rings (SSSR count). The molecule has 0 bridgehead atoms. The monoisotopic (exact) mass is 397 g/mol. The third-order valence-electron chi connectivity index (χ3n) is 5.16. The highest BCUT2D eigenvalue weighted by Gasteiger charge is 2.16. The van der Waals surface area contributed by atoms with Crippen molar-refractivity contribution in [2.24, 2.45) is 4.99 Å². The zero-order valence-corrected chi connectivity index (χ0v) is 17.0. The molecule has 0 aliphatic heterocycles. The second kappa shape index (κ2) is 6.87. The highest BCUT2D eigenvalue weighted by molar-refractivity contribution is 7.13. The predicted octanol–water partition coefficient (Wildman–Crippen LogP) is 5.36. The van der Waals surface area contributed by atoms with Crippen LogP contribution in [0.2, 0.25) is 0 Å². The molecule has 29 heavy (non-hydrogen) atoms. The summed E-state index contributed by atoms with van der Waals surface area (Å²) in [5.74, 6) is 0. The first kappa shape index (κ1) is 17.6. The smallest absolute Gasteiger partial charge is 0.274 e. The number of nitrogens with one attached hydrogen (secondary N) is 1. The number of H-pyrrole nitrogens is 1. The summed E-state index contributed by atoms with van der Waals surface area (Å²) in [6, 6.07) is 24.0. The van der Waals surface area contributed by atoms with E-state index in [1.807, 2.05) is 71.1 Å². The lowest BCUT2D eigenvalue weighted by molar-refractivity contribution is 1.11. The van der Waals surface area contributed by atoms with E-state index in [-0.39, 0.29) is 5.56 Å². The lowest BCUT2D eigenvalue weighted by Gasteiger charge is -2.07. The van der Waals surface area contributed by atoms with Crippen LogP contribution in [-0.2, 0) is 0 Å². The maximum atomic E-state index is 13.1. The van der Waals surface area contributed by atoms with E-state index in [1.165, 1.54) is 16.9 Å². The van der Waals surface area contributed by atoms with Crippen molar-refractivity contribution >= 4 is 33.6 Å². The third kappa shape index (κ3) is 3.00. The van der Waals surface area contributed by atoms with Crippen LogP contribution in [0.25, 0.3) is 27.0 Å². The van der Waals surface area contributed by atoms with E-state index >= 15 is 0 Å². The van der Waals surface area contributed by atoms with E-state index in [0.717, 1.165) is 37.5 Å². The van der Waals surface area contributed by atoms with Crippen LogP contribution in [0, 0.1) is 13.8 Å². The summed E-state index contributed by atoms with van der Waals surface area (Å²) in [4.78, 5) is 22.8. The molecule has 0 unspecified atom stereocenters. The maximum Gasteiger partial charge on any atom is 0.274 e. The Morgan fingerprint density at radius 3 is 2.28 bits per heavy atom. The van der Waals surface area contributed by atoms with Crippen molar-refractivity contribution in [3.63, 3.8) is 0 Å². The van der Waals surface area contributed by atoms with Gasteiger partial charge in [-0.05, 0) is 54.8 Å². The lowest BCUT2D eigenvalue weighted by atomic mass is 10.1. The van der Waals surface area contributed by atoms with E-state index in [1.54, 1.807) is 0 Å². The van der Waals surface area contributed by atoms with Crippen LogP contribution in [0.1, 0.15) is 11.1 Å². The van der Waals surface area contributed by atoms with Crippen molar-refractivity contribution in [1.82, 2.24) is 9.38 Å². The second-order valence-corrected chi connectivity index (χ2v) is 8.10. The first-order valence-corrected chi connectivity index (χ1v) is 10.3. The number of aryl methyl sites for hydroxylation is 2. The standard InChI is InChI=1S/C24H19N3OS/c1-15-13-19-20(14-16(15)2)27-21(23(28)26-19)22(17-9-5-3-6-10-17)29-24(27)25-18-11-7-4-8-12-18/h3-14H,1-2H3,(H,26,28). The molecule has 0 aliphatic carbocycles. The quantitative estimate of drug-likeness (QED) is 0.428. The number of benzene rings is 3. The Balaban J connectivity index is 1.99. The average molecular weight is 398 g/mol. The van der Waals surface area contributed by atoms with Crippen molar-refractivity contribution in [3.8, 4) is 10.4 Å². The van der Waals surface area contributed by atoms with E-state index < -0.39 is 0 Å². The van der Waals surface area contributed by atoms with Gasteiger partial charge in [-0.1, -0.05) is 59.9 Å². The Kier molecular flexibility index (Phi) is 4.18. The SMILES string of the molecule is Cc1cc2[nH]c(=O)c3c(-c4ccccc4)sc(=Nc4ccccc4)n3c2cc1C. The number of hydrogen-bond donors (Lipinski definition) is 1. The Bertz CT molecular complexity index is 1480. The summed E-state index contributed by atoms with van der Waals surface area (Å²) < 4.78 is 2.00. The molecule has 0 radical (unpaired) electrons. The van der Waals surface area contributed by atoms with Gasteiger partial charge in [0, 0.05) is 0 Å². The summed E-state index contributed by atoms with van der Waals surface area (Å²) >= 11 is 1.54. The Morgan fingerprint density at radius 1 is 0.897 bits per heavy atom. The van der Waals surface area contributed by atoms with Gasteiger partial charge in [0.25, 0.3) is 5.56 Å². The molecule has 3 aromatic carbocycles. The fourth-order valence-electron chi connectivity index (χ4n) is 3.55. The van der Waals surface area contributed by atoms with Crippen LogP contribution in [0.4, 0.5) is 5.69 Å². The molecule has 5 aromatic rings. The second-order valence-electron chi connectivity index (χ2n) is 7.12. The van der Waals surface area contributed by atoms with Crippen molar-refractivity contribution in [2.75, 3.05) is 0 Å². The predicted molar refractivity (Wildman–Crippen MR) is 120 cm³/mol. The van der Waals surface area contributed by atoms with Gasteiger partial charge in [-0.3, -0.25) is 9.20 Å². The molecule has 142 valence electrons. The van der Waals surface area contributed by atoms with Crippen LogP contribution in [-0.4, -0.2) is 9.38 Å². The largest absolute Gasteiger partial charge is 0.319 e. The first-order valence-electron chi connectivity index (χ1n) is 9.46.